The summed E-state index contributed by atoms with van der Waals surface area (Å²) in [5.74, 6) is 0.516. The summed E-state index contributed by atoms with van der Waals surface area (Å²) in [6.45, 7) is 8.48. The van der Waals surface area contributed by atoms with Crippen molar-refractivity contribution < 1.29 is 5.11 Å². The van der Waals surface area contributed by atoms with Crippen molar-refractivity contribution in [3.63, 3.8) is 0 Å². The summed E-state index contributed by atoms with van der Waals surface area (Å²) in [6.07, 6.45) is 0. The minimum absolute atomic E-state index is 0.516. The van der Waals surface area contributed by atoms with Gasteiger partial charge < -0.3 is 5.11 Å². The zero-order chi connectivity index (χ0) is 8.91. The monoisotopic (exact) mass is 172 g/mol. The Hall–Kier alpha value is -0.243. The molecular formula is C9H20OSi. The highest BCUT2D eigenvalue weighted by atomic mass is 28.3. The average molecular weight is 172 g/mol. The average Bonchev–Trinajstić information content (AvgIpc) is 2.00. The number of hydrogen-bond donors (Lipinski definition) is 1. The summed E-state index contributed by atoms with van der Waals surface area (Å²) in [6, 6.07) is 3.74. The zero-order valence-electron chi connectivity index (χ0n) is 8.15. The minimum Gasteiger partial charge on any atom is -0.513 e. The smallest absolute Gasteiger partial charge is 0.0814 e. The van der Waals surface area contributed by atoms with Crippen molar-refractivity contribution in [1.82, 2.24) is 0 Å². The van der Waals surface area contributed by atoms with Gasteiger partial charge >= 0.3 is 0 Å². The van der Waals surface area contributed by atoms with E-state index in [1.807, 2.05) is 0 Å². The van der Waals surface area contributed by atoms with Crippen LogP contribution in [0.5, 0.6) is 0 Å². The van der Waals surface area contributed by atoms with E-state index in [-0.39, 0.29) is 0 Å². The summed E-state index contributed by atoms with van der Waals surface area (Å²) in [4.78, 5) is 0. The van der Waals surface area contributed by atoms with Gasteiger partial charge in [-0.1, -0.05) is 44.6 Å². The molecule has 0 atom stereocenters. The van der Waals surface area contributed by atoms with Crippen LogP contribution in [-0.4, -0.2) is 13.2 Å². The molecule has 0 aromatic carbocycles. The Morgan fingerprint density at radius 2 is 1.55 bits per heavy atom. The number of aliphatic hydroxyl groups is 1. The summed E-state index contributed by atoms with van der Waals surface area (Å²) in [5.41, 5.74) is 2.13. The largest absolute Gasteiger partial charge is 0.513 e. The first kappa shape index (κ1) is 10.8. The second-order valence-electron chi connectivity index (χ2n) is 3.21. The van der Waals surface area contributed by atoms with Crippen LogP contribution >= 0.6 is 0 Å². The molecule has 0 aliphatic carbocycles. The second-order valence-corrected chi connectivity index (χ2v) is 8.34. The Balaban J connectivity index is 4.42. The predicted molar refractivity (Wildman–Crippen MR) is 53.6 cm³/mol. The lowest BCUT2D eigenvalue weighted by Crippen LogP contribution is -2.29. The van der Waals surface area contributed by atoms with Gasteiger partial charge in [0, 0.05) is 0 Å². The molecule has 0 fully saturated rings. The van der Waals surface area contributed by atoms with Crippen LogP contribution in [0.1, 0.15) is 27.7 Å². The topological polar surface area (TPSA) is 20.2 Å². The molecule has 0 heterocycles. The van der Waals surface area contributed by atoms with E-state index in [2.05, 4.69) is 26.5 Å². The Bertz CT molecular complexity index is 124. The molecule has 0 aliphatic rings. The molecular weight excluding hydrogens is 152 g/mol. The standard InChI is InChI=1S/C9H20OSi/c1-5-11(6-2,7-3)8-9(4)10/h8,10H,5-7H2,1-4H3/b9-8-. The van der Waals surface area contributed by atoms with Crippen molar-refractivity contribution in [3.8, 4) is 0 Å². The van der Waals surface area contributed by atoms with Crippen molar-refractivity contribution in [2.75, 3.05) is 0 Å². The van der Waals surface area contributed by atoms with Gasteiger partial charge in [0.2, 0.25) is 0 Å². The van der Waals surface area contributed by atoms with Crippen LogP contribution in [0.3, 0.4) is 0 Å². The van der Waals surface area contributed by atoms with E-state index in [9.17, 15) is 5.11 Å². The molecule has 1 N–H and O–H groups in total. The zero-order valence-corrected chi connectivity index (χ0v) is 9.15. The first-order valence-electron chi connectivity index (χ1n) is 4.48. The molecule has 11 heavy (non-hydrogen) atoms. The third-order valence-electron chi connectivity index (χ3n) is 2.63. The van der Waals surface area contributed by atoms with E-state index in [1.54, 1.807) is 6.92 Å². The fourth-order valence-electron chi connectivity index (χ4n) is 1.50. The van der Waals surface area contributed by atoms with Crippen LogP contribution in [0, 0.1) is 0 Å². The third kappa shape index (κ3) is 3.10. The van der Waals surface area contributed by atoms with E-state index in [1.165, 1.54) is 18.1 Å². The fourth-order valence-corrected chi connectivity index (χ4v) is 4.50. The number of hydrogen-bond acceptors (Lipinski definition) is 1. The summed E-state index contributed by atoms with van der Waals surface area (Å²) in [5, 5.41) is 9.18. The van der Waals surface area contributed by atoms with Gasteiger partial charge in [-0.3, -0.25) is 0 Å². The highest BCUT2D eigenvalue weighted by Crippen LogP contribution is 2.22. The summed E-state index contributed by atoms with van der Waals surface area (Å²) in [7, 11) is -1.19. The maximum absolute atomic E-state index is 9.18. The normalized spacial score (nSPS) is 13.6. The summed E-state index contributed by atoms with van der Waals surface area (Å²) >= 11 is 0. The molecule has 0 unspecified atom stereocenters. The molecule has 2 heteroatoms. The van der Waals surface area contributed by atoms with Crippen LogP contribution in [-0.2, 0) is 0 Å². The Morgan fingerprint density at radius 3 is 1.64 bits per heavy atom. The predicted octanol–water partition coefficient (Wildman–Crippen LogP) is 3.50. The second kappa shape index (κ2) is 4.60. The Labute approximate surface area is 71.1 Å². The Kier molecular flexibility index (Phi) is 4.50. The van der Waals surface area contributed by atoms with Crippen LogP contribution < -0.4 is 0 Å². The first-order chi connectivity index (χ1) is 5.10. The van der Waals surface area contributed by atoms with Gasteiger partial charge in [-0.05, 0) is 6.92 Å². The van der Waals surface area contributed by atoms with Crippen molar-refractivity contribution in [2.45, 2.75) is 45.8 Å². The molecule has 1 nitrogen and oxygen atoms in total. The molecule has 0 aromatic heterocycles. The van der Waals surface area contributed by atoms with E-state index >= 15 is 0 Å². The van der Waals surface area contributed by atoms with Gasteiger partial charge in [0.1, 0.15) is 0 Å². The molecule has 0 aromatic rings. The molecule has 0 saturated heterocycles. The van der Waals surface area contributed by atoms with Gasteiger partial charge in [0.25, 0.3) is 0 Å². The molecule has 0 rings (SSSR count). The van der Waals surface area contributed by atoms with Crippen LogP contribution in [0.2, 0.25) is 18.1 Å². The molecule has 0 aliphatic heterocycles. The minimum atomic E-state index is -1.19. The molecule has 0 saturated carbocycles. The van der Waals surface area contributed by atoms with E-state index in [4.69, 9.17) is 0 Å². The molecule has 0 spiro atoms. The van der Waals surface area contributed by atoms with Gasteiger partial charge in [-0.25, -0.2) is 0 Å². The SMILES string of the molecule is CC[Si](/C=C(/C)O)(CC)CC. The Morgan fingerprint density at radius 1 is 1.18 bits per heavy atom. The van der Waals surface area contributed by atoms with Crippen LogP contribution in [0.15, 0.2) is 11.5 Å². The van der Waals surface area contributed by atoms with Crippen molar-refractivity contribution in [3.05, 3.63) is 11.5 Å². The lowest BCUT2D eigenvalue weighted by molar-refractivity contribution is 0.415. The van der Waals surface area contributed by atoms with Gasteiger partial charge in [-0.2, -0.15) is 0 Å². The molecule has 0 radical (unpaired) electrons. The van der Waals surface area contributed by atoms with Gasteiger partial charge in [0.15, 0.2) is 0 Å². The van der Waals surface area contributed by atoms with E-state index < -0.39 is 8.07 Å². The quantitative estimate of drug-likeness (QED) is 0.508. The van der Waals surface area contributed by atoms with Crippen molar-refractivity contribution in [2.24, 2.45) is 0 Å². The molecule has 0 amide bonds. The van der Waals surface area contributed by atoms with Crippen molar-refractivity contribution >= 4 is 8.07 Å². The third-order valence-corrected chi connectivity index (χ3v) is 7.88. The maximum Gasteiger partial charge on any atom is 0.0814 e. The van der Waals surface area contributed by atoms with E-state index in [0.29, 0.717) is 5.76 Å². The molecule has 0 bridgehead atoms. The van der Waals surface area contributed by atoms with Crippen molar-refractivity contribution in [1.29, 1.82) is 0 Å². The number of allylic oxidation sites excluding steroid dienone is 1. The first-order valence-corrected chi connectivity index (χ1v) is 7.18. The maximum atomic E-state index is 9.18. The highest BCUT2D eigenvalue weighted by molar-refractivity contribution is 6.84. The fraction of sp³-hybridized carbons (Fsp3) is 0.778. The molecule has 66 valence electrons. The van der Waals surface area contributed by atoms with Gasteiger partial charge in [-0.15, -0.1) is 0 Å². The van der Waals surface area contributed by atoms with Crippen LogP contribution in [0.4, 0.5) is 0 Å². The van der Waals surface area contributed by atoms with E-state index in [0.717, 1.165) is 0 Å². The number of rotatable bonds is 4. The highest BCUT2D eigenvalue weighted by Gasteiger charge is 2.23. The summed E-state index contributed by atoms with van der Waals surface area (Å²) < 4.78 is 0. The lowest BCUT2D eigenvalue weighted by atomic mass is 10.7. The van der Waals surface area contributed by atoms with Crippen LogP contribution in [0.25, 0.3) is 0 Å². The van der Waals surface area contributed by atoms with Gasteiger partial charge in [0.05, 0.1) is 13.8 Å². The number of aliphatic hydroxyl groups excluding tert-OH is 1. The lowest BCUT2D eigenvalue weighted by Gasteiger charge is -2.23.